The Morgan fingerprint density at radius 2 is 2.00 bits per heavy atom. The number of hydrogen-bond acceptors (Lipinski definition) is 4. The van der Waals surface area contributed by atoms with Crippen molar-refractivity contribution in [1.29, 1.82) is 0 Å². The van der Waals surface area contributed by atoms with Crippen LogP contribution in [0.3, 0.4) is 0 Å². The molecule has 1 unspecified atom stereocenters. The topological polar surface area (TPSA) is 41.5 Å². The second kappa shape index (κ2) is 8.06. The minimum absolute atomic E-state index is 0.0913. The van der Waals surface area contributed by atoms with E-state index in [0.717, 1.165) is 24.3 Å². The molecule has 118 valence electrons. The largest absolute Gasteiger partial charge is 0.497 e. The number of nitrogens with one attached hydrogen (secondary N) is 1. The lowest BCUT2D eigenvalue weighted by Gasteiger charge is -2.29. The van der Waals surface area contributed by atoms with Crippen LogP contribution in [0.15, 0.2) is 29.2 Å². The highest BCUT2D eigenvalue weighted by molar-refractivity contribution is 7.99. The maximum atomic E-state index is 9.57. The van der Waals surface area contributed by atoms with Gasteiger partial charge in [-0.1, -0.05) is 6.42 Å². The molecule has 2 rings (SSSR count). The number of thioether (sulfide) groups is 1. The molecule has 3 nitrogen and oxygen atoms in total. The first-order valence-corrected chi connectivity index (χ1v) is 8.79. The van der Waals surface area contributed by atoms with Gasteiger partial charge in [0.1, 0.15) is 5.75 Å². The molecule has 0 aromatic heterocycles. The average molecular weight is 309 g/mol. The van der Waals surface area contributed by atoms with Crippen molar-refractivity contribution in [2.45, 2.75) is 55.5 Å². The van der Waals surface area contributed by atoms with E-state index in [-0.39, 0.29) is 12.1 Å². The van der Waals surface area contributed by atoms with Gasteiger partial charge in [-0.05, 0) is 62.6 Å². The molecule has 0 heterocycles. The van der Waals surface area contributed by atoms with Gasteiger partial charge in [0.05, 0.1) is 13.7 Å². The summed E-state index contributed by atoms with van der Waals surface area (Å²) in [6.45, 7) is 2.37. The Bertz CT molecular complexity index is 419. The van der Waals surface area contributed by atoms with E-state index < -0.39 is 0 Å². The molecule has 21 heavy (non-hydrogen) atoms. The Kier molecular flexibility index (Phi) is 6.40. The number of rotatable bonds is 10. The predicted octanol–water partition coefficient (Wildman–Crippen LogP) is 3.46. The number of aliphatic hydroxyl groups is 1. The van der Waals surface area contributed by atoms with Crippen LogP contribution in [0, 0.1) is 0 Å². The summed E-state index contributed by atoms with van der Waals surface area (Å²) in [5, 5.41) is 13.1. The molecular weight excluding hydrogens is 282 g/mol. The van der Waals surface area contributed by atoms with E-state index in [9.17, 15) is 5.11 Å². The highest BCUT2D eigenvalue weighted by Crippen LogP contribution is 2.26. The van der Waals surface area contributed by atoms with Crippen LogP contribution < -0.4 is 10.1 Å². The summed E-state index contributed by atoms with van der Waals surface area (Å²) in [5.41, 5.74) is -0.0913. The van der Waals surface area contributed by atoms with Crippen molar-refractivity contribution in [2.24, 2.45) is 0 Å². The number of benzene rings is 1. The molecule has 0 aliphatic heterocycles. The van der Waals surface area contributed by atoms with Gasteiger partial charge in [-0.25, -0.2) is 0 Å². The highest BCUT2D eigenvalue weighted by atomic mass is 32.2. The first-order valence-electron chi connectivity index (χ1n) is 7.81. The molecule has 2 N–H and O–H groups in total. The summed E-state index contributed by atoms with van der Waals surface area (Å²) in [5.74, 6) is 2.03. The van der Waals surface area contributed by atoms with Gasteiger partial charge < -0.3 is 15.2 Å². The second-order valence-electron chi connectivity index (χ2n) is 6.12. The molecule has 1 atom stereocenters. The second-order valence-corrected chi connectivity index (χ2v) is 7.29. The Balaban J connectivity index is 1.62. The van der Waals surface area contributed by atoms with Crippen molar-refractivity contribution in [3.05, 3.63) is 24.3 Å². The van der Waals surface area contributed by atoms with E-state index in [1.807, 2.05) is 23.9 Å². The molecule has 1 aliphatic rings. The Hall–Kier alpha value is -0.710. The van der Waals surface area contributed by atoms with Gasteiger partial charge in [0.25, 0.3) is 0 Å². The number of ether oxygens (including phenoxy) is 1. The van der Waals surface area contributed by atoms with Crippen molar-refractivity contribution in [3.63, 3.8) is 0 Å². The first-order chi connectivity index (χ1) is 10.1. The van der Waals surface area contributed by atoms with Crippen molar-refractivity contribution in [3.8, 4) is 5.75 Å². The zero-order chi connectivity index (χ0) is 15.1. The third-order valence-electron chi connectivity index (χ3n) is 3.93. The van der Waals surface area contributed by atoms with Gasteiger partial charge in [-0.15, -0.1) is 11.8 Å². The fourth-order valence-electron chi connectivity index (χ4n) is 2.40. The highest BCUT2D eigenvalue weighted by Gasteiger charge is 2.31. The number of aliphatic hydroxyl groups excluding tert-OH is 1. The van der Waals surface area contributed by atoms with E-state index >= 15 is 0 Å². The van der Waals surface area contributed by atoms with E-state index in [0.29, 0.717) is 6.04 Å². The Labute approximate surface area is 132 Å². The van der Waals surface area contributed by atoms with Gasteiger partial charge in [-0.3, -0.25) is 0 Å². The van der Waals surface area contributed by atoms with Crippen LogP contribution in [0.1, 0.15) is 39.0 Å². The van der Waals surface area contributed by atoms with Gasteiger partial charge in [-0.2, -0.15) is 0 Å². The standard InChI is InChI=1S/C17H27NO2S/c1-17(13-19,18-14-5-6-14)11-3-4-12-21-16-9-7-15(20-2)8-10-16/h7-10,14,18-19H,3-6,11-13H2,1-2H3. The molecule has 1 aromatic rings. The zero-order valence-electron chi connectivity index (χ0n) is 13.1. The van der Waals surface area contributed by atoms with Crippen LogP contribution in [0.25, 0.3) is 0 Å². The maximum Gasteiger partial charge on any atom is 0.118 e. The normalized spacial score (nSPS) is 17.5. The third kappa shape index (κ3) is 5.89. The van der Waals surface area contributed by atoms with Crippen molar-refractivity contribution in [1.82, 2.24) is 5.32 Å². The lowest BCUT2D eigenvalue weighted by molar-refractivity contribution is 0.161. The lowest BCUT2D eigenvalue weighted by Crippen LogP contribution is -2.46. The quantitative estimate of drug-likeness (QED) is 0.513. The summed E-state index contributed by atoms with van der Waals surface area (Å²) in [6, 6.07) is 8.87. The predicted molar refractivity (Wildman–Crippen MR) is 89.2 cm³/mol. The third-order valence-corrected chi connectivity index (χ3v) is 5.03. The molecule has 0 bridgehead atoms. The fourth-order valence-corrected chi connectivity index (χ4v) is 3.31. The Morgan fingerprint density at radius 1 is 1.29 bits per heavy atom. The molecule has 1 fully saturated rings. The van der Waals surface area contributed by atoms with E-state index in [2.05, 4.69) is 24.4 Å². The number of unbranched alkanes of at least 4 members (excludes halogenated alkanes) is 1. The minimum Gasteiger partial charge on any atom is -0.497 e. The first kappa shape index (κ1) is 16.7. The SMILES string of the molecule is COc1ccc(SCCCCC(C)(CO)NC2CC2)cc1. The van der Waals surface area contributed by atoms with Gasteiger partial charge in [0.2, 0.25) is 0 Å². The van der Waals surface area contributed by atoms with Gasteiger partial charge in [0, 0.05) is 16.5 Å². The Morgan fingerprint density at radius 3 is 2.57 bits per heavy atom. The van der Waals surface area contributed by atoms with Gasteiger partial charge in [0.15, 0.2) is 0 Å². The van der Waals surface area contributed by atoms with E-state index in [1.165, 1.54) is 24.2 Å². The molecule has 1 saturated carbocycles. The smallest absolute Gasteiger partial charge is 0.118 e. The molecular formula is C17H27NO2S. The molecule has 0 spiro atoms. The van der Waals surface area contributed by atoms with E-state index in [4.69, 9.17) is 4.74 Å². The lowest BCUT2D eigenvalue weighted by atomic mass is 9.96. The minimum atomic E-state index is -0.0913. The summed E-state index contributed by atoms with van der Waals surface area (Å²) < 4.78 is 5.16. The molecule has 4 heteroatoms. The molecule has 0 radical (unpaired) electrons. The van der Waals surface area contributed by atoms with Crippen molar-refractivity contribution >= 4 is 11.8 Å². The van der Waals surface area contributed by atoms with Crippen molar-refractivity contribution in [2.75, 3.05) is 19.5 Å². The monoisotopic (exact) mass is 309 g/mol. The summed E-state index contributed by atoms with van der Waals surface area (Å²) in [7, 11) is 1.69. The van der Waals surface area contributed by atoms with Crippen molar-refractivity contribution < 1.29 is 9.84 Å². The fraction of sp³-hybridized carbons (Fsp3) is 0.647. The maximum absolute atomic E-state index is 9.57. The zero-order valence-corrected chi connectivity index (χ0v) is 13.9. The van der Waals surface area contributed by atoms with E-state index in [1.54, 1.807) is 7.11 Å². The molecule has 0 amide bonds. The molecule has 0 saturated heterocycles. The summed E-state index contributed by atoms with van der Waals surface area (Å²) in [4.78, 5) is 1.29. The van der Waals surface area contributed by atoms with Crippen LogP contribution in [0.5, 0.6) is 5.75 Å². The van der Waals surface area contributed by atoms with Crippen LogP contribution in [-0.2, 0) is 0 Å². The molecule has 1 aromatic carbocycles. The van der Waals surface area contributed by atoms with Crippen LogP contribution in [-0.4, -0.2) is 36.2 Å². The van der Waals surface area contributed by atoms with Crippen LogP contribution in [0.2, 0.25) is 0 Å². The number of methoxy groups -OCH3 is 1. The summed E-state index contributed by atoms with van der Waals surface area (Å²) in [6.07, 6.45) is 5.91. The average Bonchev–Trinajstić information content (AvgIpc) is 3.31. The summed E-state index contributed by atoms with van der Waals surface area (Å²) >= 11 is 1.89. The van der Waals surface area contributed by atoms with Gasteiger partial charge >= 0.3 is 0 Å². The van der Waals surface area contributed by atoms with Crippen LogP contribution >= 0.6 is 11.8 Å². The van der Waals surface area contributed by atoms with Crippen LogP contribution in [0.4, 0.5) is 0 Å². The number of hydrogen-bond donors (Lipinski definition) is 2. The molecule has 1 aliphatic carbocycles.